The molecule has 2 aliphatic carbocycles. The number of carbonyl (C=O) groups excluding carboxylic acids is 1. The molecule has 3 unspecified atom stereocenters. The summed E-state index contributed by atoms with van der Waals surface area (Å²) >= 11 is 0. The first-order valence-electron chi connectivity index (χ1n) is 15.4. The van der Waals surface area contributed by atoms with Crippen molar-refractivity contribution in [1.29, 1.82) is 0 Å². The third-order valence-electron chi connectivity index (χ3n) is 9.62. The van der Waals surface area contributed by atoms with Crippen LogP contribution in [0.25, 0.3) is 16.8 Å². The van der Waals surface area contributed by atoms with Crippen molar-refractivity contribution in [1.82, 2.24) is 23.2 Å². The third-order valence-corrected chi connectivity index (χ3v) is 11.3. The van der Waals surface area contributed by atoms with E-state index in [1.165, 1.54) is 15.1 Å². The first-order chi connectivity index (χ1) is 21.9. The number of benzene rings is 2. The van der Waals surface area contributed by atoms with Gasteiger partial charge in [-0.05, 0) is 55.0 Å². The Morgan fingerprint density at radius 1 is 0.978 bits per heavy atom. The maximum Gasteiger partial charge on any atom is 0.409 e. The number of allylic oxidation sites excluding steroid dienone is 4. The minimum absolute atomic E-state index is 0.00644. The van der Waals surface area contributed by atoms with Gasteiger partial charge in [0.2, 0.25) is 0 Å². The zero-order valence-corrected chi connectivity index (χ0v) is 25.7. The monoisotopic (exact) mass is 619 g/mol. The van der Waals surface area contributed by atoms with E-state index in [-0.39, 0.29) is 28.7 Å². The lowest BCUT2D eigenvalue weighted by atomic mass is 9.84. The summed E-state index contributed by atoms with van der Waals surface area (Å²) in [5, 5.41) is 0. The van der Waals surface area contributed by atoms with E-state index in [4.69, 9.17) is 4.74 Å². The Balaban J connectivity index is 1.04. The average molecular weight is 620 g/mol. The van der Waals surface area contributed by atoms with Gasteiger partial charge in [0.1, 0.15) is 6.61 Å². The smallest absolute Gasteiger partial charge is 0.409 e. The zero-order valence-electron chi connectivity index (χ0n) is 24.9. The van der Waals surface area contributed by atoms with Crippen LogP contribution in [0.4, 0.5) is 4.79 Å². The number of likely N-dealkylation sites (tertiary alicyclic amines) is 1. The number of piperidine rings is 1. The number of rotatable bonds is 5. The zero-order chi connectivity index (χ0) is 30.7. The highest BCUT2D eigenvalue weighted by Crippen LogP contribution is 2.49. The second-order valence-electron chi connectivity index (χ2n) is 12.2. The van der Waals surface area contributed by atoms with Crippen LogP contribution < -0.4 is 0 Å². The van der Waals surface area contributed by atoms with E-state index >= 15 is 0 Å². The van der Waals surface area contributed by atoms with Crippen LogP contribution in [0.3, 0.4) is 0 Å². The van der Waals surface area contributed by atoms with Crippen molar-refractivity contribution in [3.63, 3.8) is 0 Å². The molecular weight excluding hydrogens is 586 g/mol. The van der Waals surface area contributed by atoms with Gasteiger partial charge in [-0.3, -0.25) is 4.40 Å². The van der Waals surface area contributed by atoms with Crippen LogP contribution in [-0.2, 0) is 14.8 Å². The van der Waals surface area contributed by atoms with Crippen LogP contribution >= 0.6 is 0 Å². The molecule has 10 heteroatoms. The lowest BCUT2D eigenvalue weighted by Crippen LogP contribution is -2.40. The predicted molar refractivity (Wildman–Crippen MR) is 171 cm³/mol. The molecule has 3 aromatic heterocycles. The van der Waals surface area contributed by atoms with E-state index in [1.54, 1.807) is 47.6 Å². The van der Waals surface area contributed by atoms with Crippen LogP contribution in [0.5, 0.6) is 0 Å². The summed E-state index contributed by atoms with van der Waals surface area (Å²) in [5.74, 6) is 0.728. The highest BCUT2D eigenvalue weighted by atomic mass is 32.2. The van der Waals surface area contributed by atoms with Gasteiger partial charge < -0.3 is 9.64 Å². The number of nitrogens with zero attached hydrogens (tertiary/aromatic N) is 5. The molecule has 0 spiro atoms. The fourth-order valence-electron chi connectivity index (χ4n) is 7.37. The molecule has 1 amide bonds. The normalized spacial score (nSPS) is 22.6. The molecule has 5 aromatic rings. The summed E-state index contributed by atoms with van der Waals surface area (Å²) < 4.78 is 36.3. The molecule has 1 aliphatic heterocycles. The van der Waals surface area contributed by atoms with E-state index in [1.807, 2.05) is 17.5 Å². The van der Waals surface area contributed by atoms with Gasteiger partial charge in [0.25, 0.3) is 10.0 Å². The number of ether oxygens (including phenoxy) is 1. The first-order valence-corrected chi connectivity index (χ1v) is 16.9. The number of imidazole rings is 1. The molecule has 3 aliphatic rings. The number of aromatic nitrogens is 4. The number of amides is 1. The summed E-state index contributed by atoms with van der Waals surface area (Å²) in [4.78, 5) is 24.5. The van der Waals surface area contributed by atoms with Crippen molar-refractivity contribution >= 4 is 32.9 Å². The molecule has 2 aromatic carbocycles. The quantitative estimate of drug-likeness (QED) is 0.233. The lowest BCUT2D eigenvalue weighted by Gasteiger charge is -2.32. The predicted octanol–water partition coefficient (Wildman–Crippen LogP) is 6.17. The molecule has 9 nitrogen and oxygen atoms in total. The molecule has 1 fully saturated rings. The largest absolute Gasteiger partial charge is 0.449 e. The van der Waals surface area contributed by atoms with Gasteiger partial charge in [0.05, 0.1) is 16.6 Å². The lowest BCUT2D eigenvalue weighted by molar-refractivity contribution is 0.0830. The Bertz CT molecular complexity index is 2110. The van der Waals surface area contributed by atoms with Crippen LogP contribution in [0, 0.1) is 12.8 Å². The molecule has 0 radical (unpaired) electrons. The van der Waals surface area contributed by atoms with Gasteiger partial charge in [-0.2, -0.15) is 0 Å². The minimum Gasteiger partial charge on any atom is -0.449 e. The first kappa shape index (κ1) is 27.8. The topological polar surface area (TPSA) is 98.8 Å². The van der Waals surface area contributed by atoms with Crippen LogP contribution in [-0.4, -0.2) is 57.4 Å². The maximum absolute atomic E-state index is 13.5. The van der Waals surface area contributed by atoms with E-state index in [0.717, 1.165) is 24.1 Å². The van der Waals surface area contributed by atoms with Gasteiger partial charge in [0, 0.05) is 48.9 Å². The number of carbonyl (C=O) groups is 1. The van der Waals surface area contributed by atoms with Crippen molar-refractivity contribution in [2.45, 2.75) is 42.4 Å². The minimum atomic E-state index is -3.85. The van der Waals surface area contributed by atoms with E-state index in [2.05, 4.69) is 58.5 Å². The Morgan fingerprint density at radius 2 is 1.78 bits per heavy atom. The Hall–Kier alpha value is -4.70. The Morgan fingerprint density at radius 3 is 2.62 bits per heavy atom. The van der Waals surface area contributed by atoms with Crippen molar-refractivity contribution in [3.8, 4) is 0 Å². The molecule has 0 N–H and O–H groups in total. The third kappa shape index (κ3) is 4.58. The van der Waals surface area contributed by atoms with Crippen molar-refractivity contribution in [2.75, 3.05) is 19.7 Å². The fraction of sp³-hybridized carbons (Fsp3) is 0.286. The number of hydrogen-bond acceptors (Lipinski definition) is 6. The summed E-state index contributed by atoms with van der Waals surface area (Å²) in [7, 11) is -3.85. The van der Waals surface area contributed by atoms with Gasteiger partial charge in [-0.15, -0.1) is 0 Å². The molecular formula is C35H33N5O4S. The van der Waals surface area contributed by atoms with Crippen molar-refractivity contribution in [3.05, 3.63) is 120 Å². The maximum atomic E-state index is 13.5. The van der Waals surface area contributed by atoms with Gasteiger partial charge >= 0.3 is 6.09 Å². The molecule has 228 valence electrons. The highest BCUT2D eigenvalue weighted by molar-refractivity contribution is 7.90. The van der Waals surface area contributed by atoms with Gasteiger partial charge in [-0.1, -0.05) is 66.3 Å². The van der Waals surface area contributed by atoms with Crippen molar-refractivity contribution in [2.24, 2.45) is 5.92 Å². The molecule has 4 heterocycles. The van der Waals surface area contributed by atoms with E-state index in [0.29, 0.717) is 42.4 Å². The van der Waals surface area contributed by atoms with Gasteiger partial charge in [-0.25, -0.2) is 27.2 Å². The molecule has 45 heavy (non-hydrogen) atoms. The van der Waals surface area contributed by atoms with Crippen LogP contribution in [0.2, 0.25) is 0 Å². The summed E-state index contributed by atoms with van der Waals surface area (Å²) in [5.41, 5.74) is 6.09. The van der Waals surface area contributed by atoms with Crippen LogP contribution in [0.1, 0.15) is 53.0 Å². The molecule has 1 saturated heterocycles. The number of hydrogen-bond donors (Lipinski definition) is 0. The van der Waals surface area contributed by atoms with Crippen LogP contribution in [0.15, 0.2) is 102 Å². The fourth-order valence-corrected chi connectivity index (χ4v) is 8.67. The summed E-state index contributed by atoms with van der Waals surface area (Å²) in [6, 6.07) is 17.0. The Labute approximate surface area is 261 Å². The summed E-state index contributed by atoms with van der Waals surface area (Å²) in [6.07, 6.45) is 15.0. The summed E-state index contributed by atoms with van der Waals surface area (Å²) in [6.45, 7) is 3.38. The van der Waals surface area contributed by atoms with Crippen molar-refractivity contribution < 1.29 is 17.9 Å². The van der Waals surface area contributed by atoms with E-state index in [9.17, 15) is 13.2 Å². The average Bonchev–Trinajstić information content (AvgIpc) is 3.78. The SMILES string of the molecule is Cc1ccc(S(=O)(=O)n2ccc3c2ncc2ncc([C@@H]4CCCN(C(=O)OCC5c6ccccc6C6C=CC=CC65)C4)n23)cc1. The second-order valence-corrected chi connectivity index (χ2v) is 14.1. The highest BCUT2D eigenvalue weighted by Gasteiger charge is 2.39. The second kappa shape index (κ2) is 10.7. The van der Waals surface area contributed by atoms with Gasteiger partial charge in [0.15, 0.2) is 11.3 Å². The molecule has 8 rings (SSSR count). The molecule has 0 saturated carbocycles. The standard InChI is InChI=1S/C35H33N5O4S/c1-23-12-14-25(15-13-23)45(42,43)39-18-16-31-34(39)37-20-33-36-19-32(40(31)33)24-7-6-17-38(21-24)35(41)44-22-30-28-10-4-2-8-26(28)27-9-3-5-11-29(27)30/h2-5,8-16,18-20,24,26,28,30H,6-7,17,21-22H2,1H3/t24-,26?,28?,30?/m1/s1. The Kier molecular flexibility index (Phi) is 6.63. The number of fused-ring (bicyclic) bond motifs is 6. The molecule has 0 bridgehead atoms. The number of aryl methyl sites for hydroxylation is 1. The molecule has 4 atom stereocenters. The van der Waals surface area contributed by atoms with E-state index < -0.39 is 10.0 Å².